The summed E-state index contributed by atoms with van der Waals surface area (Å²) in [6.07, 6.45) is 7.60. The second-order valence-electron chi connectivity index (χ2n) is 8.91. The van der Waals surface area contributed by atoms with Gasteiger partial charge in [0.1, 0.15) is 6.04 Å². The van der Waals surface area contributed by atoms with Crippen molar-refractivity contribution in [3.63, 3.8) is 0 Å². The summed E-state index contributed by atoms with van der Waals surface area (Å²) >= 11 is 0. The smallest absolute Gasteiger partial charge is 0.254 e. The molecular formula is C22H31N3O4S. The number of carbonyl (C=O) groups is 2. The molecule has 0 radical (unpaired) electrons. The molecule has 0 aromatic heterocycles. The monoisotopic (exact) mass is 433 g/mol. The Bertz CT molecular complexity index is 889. The molecule has 1 aliphatic carbocycles. The van der Waals surface area contributed by atoms with E-state index >= 15 is 0 Å². The molecule has 3 fully saturated rings. The highest BCUT2D eigenvalue weighted by Gasteiger charge is 2.48. The summed E-state index contributed by atoms with van der Waals surface area (Å²) in [6, 6.07) is 8.59. The highest BCUT2D eigenvalue weighted by atomic mass is 32.2. The Labute approximate surface area is 178 Å². The number of likely N-dealkylation sites (tertiary alicyclic amines) is 1. The Kier molecular flexibility index (Phi) is 6.16. The van der Waals surface area contributed by atoms with Crippen molar-refractivity contribution in [2.45, 2.75) is 63.1 Å². The van der Waals surface area contributed by atoms with Gasteiger partial charge in [-0.25, -0.2) is 12.7 Å². The van der Waals surface area contributed by atoms with Crippen molar-refractivity contribution in [3.8, 4) is 0 Å². The normalized spacial score (nSPS) is 30.0. The van der Waals surface area contributed by atoms with Gasteiger partial charge in [0.25, 0.3) is 5.91 Å². The van der Waals surface area contributed by atoms with Crippen LogP contribution in [0.1, 0.15) is 55.3 Å². The highest BCUT2D eigenvalue weighted by molar-refractivity contribution is 7.88. The molecule has 0 bridgehead atoms. The molecule has 4 unspecified atom stereocenters. The SMILES string of the molecule is CS(=O)(=O)N1CCCC(NC(=O)C2CC3CCCCC3N2C(=O)c2ccccc2)C1. The average molecular weight is 434 g/mol. The van der Waals surface area contributed by atoms with Crippen LogP contribution in [0, 0.1) is 5.92 Å². The number of benzene rings is 1. The van der Waals surface area contributed by atoms with Crippen LogP contribution < -0.4 is 5.32 Å². The predicted molar refractivity (Wildman–Crippen MR) is 114 cm³/mol. The lowest BCUT2D eigenvalue weighted by Gasteiger charge is -2.35. The van der Waals surface area contributed by atoms with Crippen LogP contribution in [0.15, 0.2) is 30.3 Å². The number of rotatable bonds is 4. The minimum absolute atomic E-state index is 0.0773. The van der Waals surface area contributed by atoms with Crippen LogP contribution in [0.25, 0.3) is 0 Å². The molecule has 2 saturated heterocycles. The average Bonchev–Trinajstić information content (AvgIpc) is 3.13. The number of hydrogen-bond donors (Lipinski definition) is 1. The largest absolute Gasteiger partial charge is 0.350 e. The van der Waals surface area contributed by atoms with Gasteiger partial charge in [-0.05, 0) is 50.2 Å². The Morgan fingerprint density at radius 1 is 1.03 bits per heavy atom. The quantitative estimate of drug-likeness (QED) is 0.787. The van der Waals surface area contributed by atoms with Gasteiger partial charge in [0.15, 0.2) is 0 Å². The van der Waals surface area contributed by atoms with E-state index in [4.69, 9.17) is 0 Å². The van der Waals surface area contributed by atoms with E-state index in [9.17, 15) is 18.0 Å². The van der Waals surface area contributed by atoms with Gasteiger partial charge in [0, 0.05) is 30.7 Å². The topological polar surface area (TPSA) is 86.8 Å². The van der Waals surface area contributed by atoms with Crippen LogP contribution in [0.5, 0.6) is 0 Å². The first kappa shape index (κ1) is 21.3. The van der Waals surface area contributed by atoms with Gasteiger partial charge in [-0.15, -0.1) is 0 Å². The molecule has 1 saturated carbocycles. The lowest BCUT2D eigenvalue weighted by atomic mass is 9.84. The molecule has 7 nitrogen and oxygen atoms in total. The Morgan fingerprint density at radius 2 is 1.77 bits per heavy atom. The summed E-state index contributed by atoms with van der Waals surface area (Å²) in [5.74, 6) is 0.140. The van der Waals surface area contributed by atoms with Crippen LogP contribution in [0.3, 0.4) is 0 Å². The van der Waals surface area contributed by atoms with Gasteiger partial charge in [-0.1, -0.05) is 31.0 Å². The third-order valence-electron chi connectivity index (χ3n) is 6.85. The summed E-state index contributed by atoms with van der Waals surface area (Å²) in [5, 5.41) is 3.07. The number of piperidine rings is 1. The van der Waals surface area contributed by atoms with Crippen LogP contribution >= 0.6 is 0 Å². The van der Waals surface area contributed by atoms with Crippen LogP contribution in [0.4, 0.5) is 0 Å². The summed E-state index contributed by atoms with van der Waals surface area (Å²) in [6.45, 7) is 0.800. The van der Waals surface area contributed by atoms with Crippen molar-refractivity contribution in [2.24, 2.45) is 5.92 Å². The standard InChI is InChI=1S/C22H31N3O4S/c1-30(28,29)24-13-7-11-18(15-24)23-21(26)20-14-17-10-5-6-12-19(17)25(20)22(27)16-8-3-2-4-9-16/h2-4,8-9,17-20H,5-7,10-15H2,1H3,(H,23,26). The lowest BCUT2D eigenvalue weighted by molar-refractivity contribution is -0.126. The minimum Gasteiger partial charge on any atom is -0.350 e. The van der Waals surface area contributed by atoms with E-state index in [2.05, 4.69) is 5.32 Å². The molecule has 0 spiro atoms. The van der Waals surface area contributed by atoms with Crippen LogP contribution in [-0.4, -0.2) is 66.9 Å². The van der Waals surface area contributed by atoms with E-state index in [0.717, 1.165) is 38.5 Å². The summed E-state index contributed by atoms with van der Waals surface area (Å²) in [4.78, 5) is 28.5. The molecular weight excluding hydrogens is 402 g/mol. The van der Waals surface area contributed by atoms with Gasteiger partial charge in [-0.2, -0.15) is 0 Å². The number of fused-ring (bicyclic) bond motifs is 1. The number of sulfonamides is 1. The zero-order chi connectivity index (χ0) is 21.3. The fourth-order valence-electron chi connectivity index (χ4n) is 5.37. The molecule has 2 heterocycles. The third-order valence-corrected chi connectivity index (χ3v) is 8.12. The predicted octanol–water partition coefficient (Wildman–Crippen LogP) is 2.00. The maximum Gasteiger partial charge on any atom is 0.254 e. The molecule has 164 valence electrons. The molecule has 1 aromatic rings. The Hall–Kier alpha value is -1.93. The van der Waals surface area contributed by atoms with Crippen molar-refractivity contribution in [2.75, 3.05) is 19.3 Å². The Morgan fingerprint density at radius 3 is 2.50 bits per heavy atom. The molecule has 8 heteroatoms. The molecule has 1 N–H and O–H groups in total. The number of carbonyl (C=O) groups excluding carboxylic acids is 2. The first-order valence-corrected chi connectivity index (χ1v) is 12.8. The second-order valence-corrected chi connectivity index (χ2v) is 10.9. The van der Waals surface area contributed by atoms with Gasteiger partial charge in [0.05, 0.1) is 6.26 Å². The molecule has 3 aliphatic rings. The number of hydrogen-bond acceptors (Lipinski definition) is 4. The number of nitrogens with zero attached hydrogens (tertiary/aromatic N) is 2. The van der Waals surface area contributed by atoms with E-state index < -0.39 is 16.1 Å². The minimum atomic E-state index is -3.27. The van der Waals surface area contributed by atoms with Crippen molar-refractivity contribution < 1.29 is 18.0 Å². The fraction of sp³-hybridized carbons (Fsp3) is 0.636. The molecule has 1 aromatic carbocycles. The Balaban J connectivity index is 1.52. The maximum atomic E-state index is 13.4. The number of nitrogens with one attached hydrogen (secondary N) is 1. The van der Waals surface area contributed by atoms with Gasteiger partial charge in [-0.3, -0.25) is 9.59 Å². The summed E-state index contributed by atoms with van der Waals surface area (Å²) in [5.41, 5.74) is 0.613. The second kappa shape index (κ2) is 8.67. The molecule has 4 rings (SSSR count). The van der Waals surface area contributed by atoms with Crippen molar-refractivity contribution in [3.05, 3.63) is 35.9 Å². The van der Waals surface area contributed by atoms with Crippen molar-refractivity contribution in [1.29, 1.82) is 0 Å². The summed E-state index contributed by atoms with van der Waals surface area (Å²) in [7, 11) is -3.27. The highest BCUT2D eigenvalue weighted by Crippen LogP contribution is 2.40. The van der Waals surface area contributed by atoms with Gasteiger partial charge >= 0.3 is 0 Å². The zero-order valence-corrected chi connectivity index (χ0v) is 18.3. The lowest BCUT2D eigenvalue weighted by Crippen LogP contribution is -2.55. The molecule has 2 amide bonds. The molecule has 2 aliphatic heterocycles. The maximum absolute atomic E-state index is 13.4. The van der Waals surface area contributed by atoms with E-state index in [1.54, 1.807) is 12.1 Å². The van der Waals surface area contributed by atoms with E-state index in [0.29, 0.717) is 31.0 Å². The molecule has 4 atom stereocenters. The fourth-order valence-corrected chi connectivity index (χ4v) is 6.29. The first-order chi connectivity index (χ1) is 14.3. The van der Waals surface area contributed by atoms with E-state index in [1.807, 2.05) is 23.1 Å². The first-order valence-electron chi connectivity index (χ1n) is 11.0. The van der Waals surface area contributed by atoms with Crippen molar-refractivity contribution >= 4 is 21.8 Å². The van der Waals surface area contributed by atoms with Gasteiger partial charge < -0.3 is 10.2 Å². The molecule has 30 heavy (non-hydrogen) atoms. The summed E-state index contributed by atoms with van der Waals surface area (Å²) < 4.78 is 25.2. The van der Waals surface area contributed by atoms with Crippen molar-refractivity contribution in [1.82, 2.24) is 14.5 Å². The zero-order valence-electron chi connectivity index (χ0n) is 17.5. The van der Waals surface area contributed by atoms with Crippen LogP contribution in [-0.2, 0) is 14.8 Å². The van der Waals surface area contributed by atoms with E-state index in [1.165, 1.54) is 10.6 Å². The van der Waals surface area contributed by atoms with E-state index in [-0.39, 0.29) is 23.9 Å². The third kappa shape index (κ3) is 4.39. The van der Waals surface area contributed by atoms with Crippen LogP contribution in [0.2, 0.25) is 0 Å². The number of amides is 2. The van der Waals surface area contributed by atoms with Gasteiger partial charge in [0.2, 0.25) is 15.9 Å².